The van der Waals surface area contributed by atoms with Crippen LogP contribution >= 0.6 is 0 Å². The van der Waals surface area contributed by atoms with Gasteiger partial charge in [0.15, 0.2) is 0 Å². The van der Waals surface area contributed by atoms with Crippen LogP contribution in [-0.2, 0) is 13.1 Å². The van der Waals surface area contributed by atoms with Crippen molar-refractivity contribution in [2.45, 2.75) is 52.7 Å². The van der Waals surface area contributed by atoms with Gasteiger partial charge in [0.25, 0.3) is 0 Å². The van der Waals surface area contributed by atoms with Crippen LogP contribution in [0.25, 0.3) is 0 Å². The van der Waals surface area contributed by atoms with E-state index in [2.05, 4.69) is 46.8 Å². The highest BCUT2D eigenvalue weighted by atomic mass is 15.3. The zero-order chi connectivity index (χ0) is 13.0. The second-order valence-electron chi connectivity index (χ2n) is 5.24. The molecule has 4 nitrogen and oxygen atoms in total. The molecule has 1 aromatic heterocycles. The molecule has 1 aliphatic rings. The Bertz CT molecular complexity index is 372. The lowest BCUT2D eigenvalue weighted by atomic mass is 10.2. The number of aromatic nitrogens is 2. The zero-order valence-electron chi connectivity index (χ0n) is 11.9. The molecule has 0 saturated carbocycles. The van der Waals surface area contributed by atoms with Gasteiger partial charge in [-0.2, -0.15) is 5.10 Å². The lowest BCUT2D eigenvalue weighted by Gasteiger charge is -2.23. The monoisotopic (exact) mass is 250 g/mol. The van der Waals surface area contributed by atoms with Crippen LogP contribution in [0.1, 0.15) is 38.1 Å². The van der Waals surface area contributed by atoms with Gasteiger partial charge >= 0.3 is 0 Å². The van der Waals surface area contributed by atoms with Gasteiger partial charge in [0.2, 0.25) is 0 Å². The molecule has 4 heteroatoms. The number of nitrogens with zero attached hydrogens (tertiary/aromatic N) is 3. The van der Waals surface area contributed by atoms with Crippen molar-refractivity contribution in [2.24, 2.45) is 0 Å². The van der Waals surface area contributed by atoms with Gasteiger partial charge in [-0.25, -0.2) is 0 Å². The van der Waals surface area contributed by atoms with E-state index in [4.69, 9.17) is 0 Å². The highest BCUT2D eigenvalue weighted by molar-refractivity contribution is 5.09. The SMILES string of the molecule is CCC1CN(Cc2cc(C)nn2CC)CCCN1. The molecular weight excluding hydrogens is 224 g/mol. The van der Waals surface area contributed by atoms with E-state index < -0.39 is 0 Å². The summed E-state index contributed by atoms with van der Waals surface area (Å²) in [6.45, 7) is 12.0. The molecule has 0 aliphatic carbocycles. The first-order valence-electron chi connectivity index (χ1n) is 7.22. The quantitative estimate of drug-likeness (QED) is 0.884. The van der Waals surface area contributed by atoms with Crippen LogP contribution in [0, 0.1) is 6.92 Å². The molecule has 1 aromatic rings. The van der Waals surface area contributed by atoms with Crippen LogP contribution in [-0.4, -0.2) is 40.4 Å². The van der Waals surface area contributed by atoms with Crippen molar-refractivity contribution in [3.63, 3.8) is 0 Å². The maximum Gasteiger partial charge on any atom is 0.0597 e. The van der Waals surface area contributed by atoms with Crippen molar-refractivity contribution in [3.8, 4) is 0 Å². The van der Waals surface area contributed by atoms with Crippen molar-refractivity contribution in [3.05, 3.63) is 17.5 Å². The fraction of sp³-hybridized carbons (Fsp3) is 0.786. The Morgan fingerprint density at radius 3 is 3.00 bits per heavy atom. The van der Waals surface area contributed by atoms with Crippen molar-refractivity contribution in [1.29, 1.82) is 0 Å². The van der Waals surface area contributed by atoms with Gasteiger partial charge in [-0.1, -0.05) is 6.92 Å². The molecule has 1 atom stereocenters. The third-order valence-corrected chi connectivity index (χ3v) is 3.73. The molecule has 0 aromatic carbocycles. The topological polar surface area (TPSA) is 33.1 Å². The Balaban J connectivity index is 2.02. The normalized spacial score (nSPS) is 22.1. The maximum atomic E-state index is 4.53. The minimum atomic E-state index is 0.645. The molecule has 0 spiro atoms. The van der Waals surface area contributed by atoms with Crippen molar-refractivity contribution < 1.29 is 0 Å². The fourth-order valence-electron chi connectivity index (χ4n) is 2.72. The second-order valence-corrected chi connectivity index (χ2v) is 5.24. The highest BCUT2D eigenvalue weighted by Gasteiger charge is 2.17. The van der Waals surface area contributed by atoms with Crippen molar-refractivity contribution in [1.82, 2.24) is 20.0 Å². The van der Waals surface area contributed by atoms with Crippen LogP contribution < -0.4 is 5.32 Å². The molecule has 1 fully saturated rings. The molecular formula is C14H26N4. The molecule has 102 valence electrons. The summed E-state index contributed by atoms with van der Waals surface area (Å²) in [6, 6.07) is 2.87. The smallest absolute Gasteiger partial charge is 0.0597 e. The average molecular weight is 250 g/mol. The van der Waals surface area contributed by atoms with E-state index in [1.807, 2.05) is 0 Å². The highest BCUT2D eigenvalue weighted by Crippen LogP contribution is 2.11. The first-order chi connectivity index (χ1) is 8.72. The van der Waals surface area contributed by atoms with Crippen LogP contribution in [0.4, 0.5) is 0 Å². The molecule has 1 N–H and O–H groups in total. The van der Waals surface area contributed by atoms with E-state index in [-0.39, 0.29) is 0 Å². The minimum Gasteiger partial charge on any atom is -0.313 e. The van der Waals surface area contributed by atoms with Gasteiger partial charge in [-0.15, -0.1) is 0 Å². The van der Waals surface area contributed by atoms with E-state index in [0.29, 0.717) is 6.04 Å². The summed E-state index contributed by atoms with van der Waals surface area (Å²) in [4.78, 5) is 2.57. The van der Waals surface area contributed by atoms with Crippen LogP contribution in [0.15, 0.2) is 6.07 Å². The number of aryl methyl sites for hydroxylation is 2. The molecule has 0 radical (unpaired) electrons. The largest absolute Gasteiger partial charge is 0.313 e. The molecule has 18 heavy (non-hydrogen) atoms. The van der Waals surface area contributed by atoms with E-state index in [9.17, 15) is 0 Å². The van der Waals surface area contributed by atoms with Gasteiger partial charge in [0, 0.05) is 25.7 Å². The third-order valence-electron chi connectivity index (χ3n) is 3.73. The number of hydrogen-bond donors (Lipinski definition) is 1. The molecule has 2 rings (SSSR count). The van der Waals surface area contributed by atoms with E-state index in [1.165, 1.54) is 25.1 Å². The summed E-state index contributed by atoms with van der Waals surface area (Å²) in [7, 11) is 0. The number of rotatable bonds is 4. The van der Waals surface area contributed by atoms with Gasteiger partial charge in [0.05, 0.1) is 11.4 Å². The molecule has 0 amide bonds. The first kappa shape index (κ1) is 13.6. The fourth-order valence-corrected chi connectivity index (χ4v) is 2.72. The van der Waals surface area contributed by atoms with E-state index in [1.54, 1.807) is 0 Å². The van der Waals surface area contributed by atoms with Crippen LogP contribution in [0.2, 0.25) is 0 Å². The van der Waals surface area contributed by atoms with Gasteiger partial charge in [0.1, 0.15) is 0 Å². The summed E-state index contributed by atoms with van der Waals surface area (Å²) in [5.74, 6) is 0. The van der Waals surface area contributed by atoms with Crippen molar-refractivity contribution >= 4 is 0 Å². The Morgan fingerprint density at radius 1 is 1.44 bits per heavy atom. The van der Waals surface area contributed by atoms with Crippen LogP contribution in [0.5, 0.6) is 0 Å². The first-order valence-corrected chi connectivity index (χ1v) is 7.22. The standard InChI is InChI=1S/C14H26N4/c1-4-13-10-17(8-6-7-15-13)11-14-9-12(3)16-18(14)5-2/h9,13,15H,4-8,10-11H2,1-3H3. The van der Waals surface area contributed by atoms with Gasteiger partial charge < -0.3 is 5.32 Å². The summed E-state index contributed by atoms with van der Waals surface area (Å²) in [5.41, 5.74) is 2.48. The molecule has 1 unspecified atom stereocenters. The molecule has 1 aliphatic heterocycles. The summed E-state index contributed by atoms with van der Waals surface area (Å²) >= 11 is 0. The Morgan fingerprint density at radius 2 is 2.28 bits per heavy atom. The molecule has 2 heterocycles. The summed E-state index contributed by atoms with van der Waals surface area (Å²) < 4.78 is 2.13. The van der Waals surface area contributed by atoms with Crippen molar-refractivity contribution in [2.75, 3.05) is 19.6 Å². The van der Waals surface area contributed by atoms with Gasteiger partial charge in [-0.3, -0.25) is 9.58 Å². The van der Waals surface area contributed by atoms with E-state index in [0.717, 1.165) is 31.9 Å². The second kappa shape index (κ2) is 6.34. The summed E-state index contributed by atoms with van der Waals surface area (Å²) in [6.07, 6.45) is 2.46. The zero-order valence-corrected chi connectivity index (χ0v) is 11.9. The predicted octanol–water partition coefficient (Wildman–Crippen LogP) is 1.79. The van der Waals surface area contributed by atoms with Gasteiger partial charge in [-0.05, 0) is 45.8 Å². The van der Waals surface area contributed by atoms with E-state index >= 15 is 0 Å². The maximum absolute atomic E-state index is 4.53. The Labute approximate surface area is 110 Å². The Kier molecular flexibility index (Phi) is 4.78. The molecule has 1 saturated heterocycles. The predicted molar refractivity (Wildman–Crippen MR) is 74.6 cm³/mol. The summed E-state index contributed by atoms with van der Waals surface area (Å²) in [5, 5.41) is 8.15. The lowest BCUT2D eigenvalue weighted by molar-refractivity contribution is 0.250. The molecule has 0 bridgehead atoms. The number of hydrogen-bond acceptors (Lipinski definition) is 3. The number of nitrogens with one attached hydrogen (secondary N) is 1. The lowest BCUT2D eigenvalue weighted by Crippen LogP contribution is -2.37. The average Bonchev–Trinajstić information content (AvgIpc) is 2.59. The third kappa shape index (κ3) is 3.33. The Hall–Kier alpha value is -0.870. The minimum absolute atomic E-state index is 0.645. The van der Waals surface area contributed by atoms with Crippen LogP contribution in [0.3, 0.4) is 0 Å².